The quantitative estimate of drug-likeness (QED) is 0.630. The molecule has 3 nitrogen and oxygen atoms in total. The zero-order valence-electron chi connectivity index (χ0n) is 13.0. The molecule has 0 saturated heterocycles. The molecule has 0 amide bonds. The third-order valence-corrected chi connectivity index (χ3v) is 4.83. The standard InChI is InChI=1S/C18H23O3Si/c1-19-16-22(20-14-12-17-8-4-2-5-9-17)21-15-13-18-10-6-3-7-11-18/h2-11H,12-16H2,1H3. The van der Waals surface area contributed by atoms with Gasteiger partial charge in [0.15, 0.2) is 0 Å². The van der Waals surface area contributed by atoms with Gasteiger partial charge in [0.2, 0.25) is 0 Å². The Morgan fingerprint density at radius 1 is 0.727 bits per heavy atom. The fourth-order valence-electron chi connectivity index (χ4n) is 2.10. The molecular weight excluding hydrogens is 292 g/mol. The number of ether oxygens (including phenoxy) is 1. The lowest BCUT2D eigenvalue weighted by Gasteiger charge is -2.14. The molecule has 0 fully saturated rings. The SMILES string of the molecule is COC[Si](OCCc1ccccc1)OCCc1ccccc1. The molecule has 22 heavy (non-hydrogen) atoms. The molecule has 0 bridgehead atoms. The van der Waals surface area contributed by atoms with Crippen LogP contribution < -0.4 is 0 Å². The maximum atomic E-state index is 5.88. The molecule has 117 valence electrons. The molecule has 0 aromatic heterocycles. The second-order valence-electron chi connectivity index (χ2n) is 4.97. The van der Waals surface area contributed by atoms with E-state index in [1.807, 2.05) is 36.4 Å². The van der Waals surface area contributed by atoms with Crippen molar-refractivity contribution in [2.24, 2.45) is 0 Å². The number of rotatable bonds is 10. The summed E-state index contributed by atoms with van der Waals surface area (Å²) in [5.74, 6) is 0. The van der Waals surface area contributed by atoms with E-state index < -0.39 is 9.28 Å². The molecule has 0 saturated carbocycles. The predicted octanol–water partition coefficient (Wildman–Crippen LogP) is 3.18. The summed E-state index contributed by atoms with van der Waals surface area (Å²) in [5.41, 5.74) is 2.57. The summed E-state index contributed by atoms with van der Waals surface area (Å²) in [6.45, 7) is 1.35. The van der Waals surface area contributed by atoms with Crippen molar-refractivity contribution in [3.63, 3.8) is 0 Å². The van der Waals surface area contributed by atoms with Crippen molar-refractivity contribution in [3.8, 4) is 0 Å². The summed E-state index contributed by atoms with van der Waals surface area (Å²) in [7, 11) is 0.329. The predicted molar refractivity (Wildman–Crippen MR) is 89.8 cm³/mol. The molecule has 0 N–H and O–H groups in total. The van der Waals surface area contributed by atoms with E-state index in [9.17, 15) is 0 Å². The fraction of sp³-hybridized carbons (Fsp3) is 0.333. The molecule has 2 aromatic rings. The molecule has 4 heteroatoms. The number of hydrogen-bond acceptors (Lipinski definition) is 3. The Kier molecular flexibility index (Phi) is 7.91. The highest BCUT2D eigenvalue weighted by Gasteiger charge is 2.15. The third kappa shape index (κ3) is 6.53. The first kappa shape index (κ1) is 16.9. The number of methoxy groups -OCH3 is 1. The Labute approximate surface area is 134 Å². The Bertz CT molecular complexity index is 459. The van der Waals surface area contributed by atoms with Crippen LogP contribution in [0.2, 0.25) is 0 Å². The minimum atomic E-state index is -1.36. The summed E-state index contributed by atoms with van der Waals surface area (Å²) in [6, 6.07) is 20.7. The van der Waals surface area contributed by atoms with Crippen LogP contribution in [-0.2, 0) is 26.4 Å². The van der Waals surface area contributed by atoms with Crippen LogP contribution in [0, 0.1) is 0 Å². The van der Waals surface area contributed by atoms with E-state index >= 15 is 0 Å². The van der Waals surface area contributed by atoms with Crippen LogP contribution in [0.5, 0.6) is 0 Å². The fourth-order valence-corrected chi connectivity index (χ4v) is 3.24. The van der Waals surface area contributed by atoms with E-state index in [2.05, 4.69) is 24.3 Å². The van der Waals surface area contributed by atoms with Gasteiger partial charge in [-0.2, -0.15) is 0 Å². The average Bonchev–Trinajstić information content (AvgIpc) is 2.57. The summed E-state index contributed by atoms with van der Waals surface area (Å²) in [4.78, 5) is 0. The molecule has 0 aliphatic heterocycles. The van der Waals surface area contributed by atoms with Crippen molar-refractivity contribution < 1.29 is 13.6 Å². The van der Waals surface area contributed by atoms with Gasteiger partial charge in [0, 0.05) is 20.3 Å². The lowest BCUT2D eigenvalue weighted by Crippen LogP contribution is -2.30. The van der Waals surface area contributed by atoms with Crippen LogP contribution in [-0.4, -0.2) is 35.8 Å². The van der Waals surface area contributed by atoms with Crippen LogP contribution in [0.25, 0.3) is 0 Å². The first-order valence-corrected chi connectivity index (χ1v) is 9.09. The van der Waals surface area contributed by atoms with Crippen LogP contribution >= 0.6 is 0 Å². The molecule has 0 heterocycles. The smallest absolute Gasteiger partial charge is 0.392 e. The molecule has 2 aromatic carbocycles. The van der Waals surface area contributed by atoms with Crippen LogP contribution in [0.15, 0.2) is 60.7 Å². The van der Waals surface area contributed by atoms with E-state index in [1.54, 1.807) is 7.11 Å². The van der Waals surface area contributed by atoms with Crippen LogP contribution in [0.3, 0.4) is 0 Å². The maximum Gasteiger partial charge on any atom is 0.413 e. The van der Waals surface area contributed by atoms with Crippen molar-refractivity contribution >= 4 is 9.28 Å². The van der Waals surface area contributed by atoms with Gasteiger partial charge < -0.3 is 13.6 Å². The van der Waals surface area contributed by atoms with Gasteiger partial charge in [0.25, 0.3) is 0 Å². The molecule has 0 unspecified atom stereocenters. The molecule has 0 aliphatic rings. The van der Waals surface area contributed by atoms with Gasteiger partial charge in [-0.1, -0.05) is 60.7 Å². The van der Waals surface area contributed by atoms with E-state index in [0.29, 0.717) is 19.4 Å². The Balaban J connectivity index is 1.68. The number of benzene rings is 2. The lowest BCUT2D eigenvalue weighted by atomic mass is 10.2. The largest absolute Gasteiger partial charge is 0.413 e. The van der Waals surface area contributed by atoms with E-state index in [4.69, 9.17) is 13.6 Å². The summed E-state index contributed by atoms with van der Waals surface area (Å²) < 4.78 is 17.0. The Morgan fingerprint density at radius 2 is 1.18 bits per heavy atom. The van der Waals surface area contributed by atoms with Crippen molar-refractivity contribution in [2.45, 2.75) is 12.8 Å². The molecule has 0 atom stereocenters. The van der Waals surface area contributed by atoms with Crippen LogP contribution in [0.1, 0.15) is 11.1 Å². The van der Waals surface area contributed by atoms with Crippen molar-refractivity contribution in [2.75, 3.05) is 26.6 Å². The molecule has 2 rings (SSSR count). The topological polar surface area (TPSA) is 27.7 Å². The van der Waals surface area contributed by atoms with E-state index in [0.717, 1.165) is 12.8 Å². The zero-order chi connectivity index (χ0) is 15.5. The maximum absolute atomic E-state index is 5.88. The summed E-state index contributed by atoms with van der Waals surface area (Å²) >= 11 is 0. The molecular formula is C18H23O3Si. The normalized spacial score (nSPS) is 11.0. The highest BCUT2D eigenvalue weighted by atomic mass is 28.3. The minimum absolute atomic E-state index is 0.550. The van der Waals surface area contributed by atoms with Crippen LogP contribution in [0.4, 0.5) is 0 Å². The Morgan fingerprint density at radius 3 is 1.59 bits per heavy atom. The first-order chi connectivity index (χ1) is 10.9. The van der Waals surface area contributed by atoms with Gasteiger partial charge in [-0.15, -0.1) is 0 Å². The molecule has 1 radical (unpaired) electrons. The van der Waals surface area contributed by atoms with E-state index in [1.165, 1.54) is 11.1 Å². The highest BCUT2D eigenvalue weighted by Crippen LogP contribution is 2.03. The van der Waals surface area contributed by atoms with Gasteiger partial charge in [0.1, 0.15) is 0 Å². The minimum Gasteiger partial charge on any atom is -0.392 e. The summed E-state index contributed by atoms with van der Waals surface area (Å²) in [6.07, 6.45) is 2.36. The van der Waals surface area contributed by atoms with Crippen molar-refractivity contribution in [3.05, 3.63) is 71.8 Å². The van der Waals surface area contributed by atoms with Gasteiger partial charge in [0.05, 0.1) is 6.23 Å². The lowest BCUT2D eigenvalue weighted by molar-refractivity contribution is 0.150. The third-order valence-electron chi connectivity index (χ3n) is 3.26. The summed E-state index contributed by atoms with van der Waals surface area (Å²) in [5, 5.41) is 0. The molecule has 0 aliphatic carbocycles. The van der Waals surface area contributed by atoms with Gasteiger partial charge >= 0.3 is 9.28 Å². The van der Waals surface area contributed by atoms with Crippen molar-refractivity contribution in [1.82, 2.24) is 0 Å². The second-order valence-corrected chi connectivity index (χ2v) is 6.58. The van der Waals surface area contributed by atoms with Crippen molar-refractivity contribution in [1.29, 1.82) is 0 Å². The first-order valence-electron chi connectivity index (χ1n) is 7.56. The average molecular weight is 315 g/mol. The van der Waals surface area contributed by atoms with Gasteiger partial charge in [-0.05, 0) is 24.0 Å². The molecule has 0 spiro atoms. The Hall–Kier alpha value is -1.46. The van der Waals surface area contributed by atoms with Gasteiger partial charge in [-0.3, -0.25) is 0 Å². The van der Waals surface area contributed by atoms with Gasteiger partial charge in [-0.25, -0.2) is 0 Å². The monoisotopic (exact) mass is 315 g/mol. The highest BCUT2D eigenvalue weighted by molar-refractivity contribution is 6.44. The van der Waals surface area contributed by atoms with E-state index in [-0.39, 0.29) is 0 Å². The number of hydrogen-bond donors (Lipinski definition) is 0. The zero-order valence-corrected chi connectivity index (χ0v) is 14.0. The second kappa shape index (κ2) is 10.3.